The fourth-order valence-electron chi connectivity index (χ4n) is 3.23. The molecule has 0 spiro atoms. The molecule has 1 aliphatic heterocycles. The smallest absolute Gasteiger partial charge is 0.334 e. The highest BCUT2D eigenvalue weighted by molar-refractivity contribution is 5.94. The van der Waals surface area contributed by atoms with E-state index in [0.717, 1.165) is 5.69 Å². The van der Waals surface area contributed by atoms with Gasteiger partial charge in [0, 0.05) is 17.6 Å². The molecule has 2 aromatic rings. The third-order valence-electron chi connectivity index (χ3n) is 4.23. The number of carbonyl (C=O) groups is 1. The lowest BCUT2D eigenvalue weighted by molar-refractivity contribution is -0.132. The molecular formula is C20H19N3O3. The van der Waals surface area contributed by atoms with Crippen molar-refractivity contribution in [3.05, 3.63) is 64.5 Å². The molecule has 0 saturated carbocycles. The van der Waals surface area contributed by atoms with Gasteiger partial charge in [-0.15, -0.1) is 0 Å². The number of hydrogen-bond acceptors (Lipinski definition) is 5. The molecule has 2 heterocycles. The minimum absolute atomic E-state index is 0.124. The second-order valence-corrected chi connectivity index (χ2v) is 6.34. The number of rotatable bonds is 4. The number of aromatic nitrogens is 1. The number of hydrogen-bond donors (Lipinski definition) is 2. The van der Waals surface area contributed by atoms with Crippen molar-refractivity contribution >= 4 is 11.7 Å². The van der Waals surface area contributed by atoms with Gasteiger partial charge in [0.15, 0.2) is 0 Å². The molecule has 1 aliphatic rings. The average molecular weight is 349 g/mol. The van der Waals surface area contributed by atoms with E-state index in [4.69, 9.17) is 4.74 Å². The number of aliphatic carboxylic acids is 1. The number of allylic oxidation sites excluding steroid dienone is 1. The van der Waals surface area contributed by atoms with Crippen LogP contribution < -0.4 is 10.1 Å². The van der Waals surface area contributed by atoms with Crippen LogP contribution in [-0.4, -0.2) is 22.2 Å². The van der Waals surface area contributed by atoms with Gasteiger partial charge >= 0.3 is 5.97 Å². The van der Waals surface area contributed by atoms with E-state index in [2.05, 4.69) is 16.4 Å². The predicted octanol–water partition coefficient (Wildman–Crippen LogP) is 3.66. The number of nitrogens with one attached hydrogen (secondary N) is 1. The zero-order valence-corrected chi connectivity index (χ0v) is 14.8. The summed E-state index contributed by atoms with van der Waals surface area (Å²) in [5, 5.41) is 22.5. The third kappa shape index (κ3) is 3.00. The van der Waals surface area contributed by atoms with Crippen molar-refractivity contribution in [3.8, 4) is 11.9 Å². The van der Waals surface area contributed by atoms with Gasteiger partial charge in [0.1, 0.15) is 0 Å². The van der Waals surface area contributed by atoms with Gasteiger partial charge in [0.05, 0.1) is 34.8 Å². The highest BCUT2D eigenvalue weighted by Gasteiger charge is 2.36. The summed E-state index contributed by atoms with van der Waals surface area (Å²) in [4.78, 5) is 16.4. The summed E-state index contributed by atoms with van der Waals surface area (Å²) < 4.78 is 5.85. The van der Waals surface area contributed by atoms with Crippen LogP contribution in [0.25, 0.3) is 0 Å². The second-order valence-electron chi connectivity index (χ2n) is 6.34. The Hall–Kier alpha value is -3.33. The van der Waals surface area contributed by atoms with Gasteiger partial charge in [0.25, 0.3) is 0 Å². The summed E-state index contributed by atoms with van der Waals surface area (Å²) in [6.07, 6.45) is 1.50. The lowest BCUT2D eigenvalue weighted by Crippen LogP contribution is -2.25. The first-order valence-electron chi connectivity index (χ1n) is 8.29. The maximum absolute atomic E-state index is 12.0. The van der Waals surface area contributed by atoms with Crippen LogP contribution in [0.15, 0.2) is 47.8 Å². The number of nitriles is 1. The fourth-order valence-corrected chi connectivity index (χ4v) is 3.23. The minimum atomic E-state index is -1.04. The number of carboxylic acids is 1. The van der Waals surface area contributed by atoms with E-state index < -0.39 is 11.9 Å². The fraction of sp³-hybridized carbons (Fsp3) is 0.250. The minimum Gasteiger partial charge on any atom is -0.478 e. The first-order chi connectivity index (χ1) is 12.4. The standard InChI is InChI=1S/C20H19N3O3/c1-11(2)26-19-18-15(8-9-22-19)23-12(3)16(20(24)25)17(18)14-7-5-4-6-13(14)10-21/h4-9,11,17,23H,1-3H3,(H,24,25). The van der Waals surface area contributed by atoms with Crippen molar-refractivity contribution in [2.45, 2.75) is 32.8 Å². The molecule has 26 heavy (non-hydrogen) atoms. The van der Waals surface area contributed by atoms with Crippen LogP contribution in [0.5, 0.6) is 5.88 Å². The van der Waals surface area contributed by atoms with Gasteiger partial charge in [-0.3, -0.25) is 0 Å². The van der Waals surface area contributed by atoms with Gasteiger partial charge in [-0.2, -0.15) is 5.26 Å². The zero-order valence-electron chi connectivity index (χ0n) is 14.8. The third-order valence-corrected chi connectivity index (χ3v) is 4.23. The van der Waals surface area contributed by atoms with E-state index in [0.29, 0.717) is 28.3 Å². The lowest BCUT2D eigenvalue weighted by atomic mass is 9.79. The molecule has 1 unspecified atom stereocenters. The van der Waals surface area contributed by atoms with E-state index in [-0.39, 0.29) is 11.7 Å². The highest BCUT2D eigenvalue weighted by Crippen LogP contribution is 2.46. The van der Waals surface area contributed by atoms with Crippen molar-refractivity contribution in [1.82, 2.24) is 4.98 Å². The van der Waals surface area contributed by atoms with Gasteiger partial charge < -0.3 is 15.2 Å². The summed E-state index contributed by atoms with van der Waals surface area (Å²) in [5.74, 6) is -1.33. The summed E-state index contributed by atoms with van der Waals surface area (Å²) >= 11 is 0. The SMILES string of the molecule is CC1=C(C(=O)O)C(c2ccccc2C#N)c2c(ccnc2OC(C)C)N1. The molecule has 2 N–H and O–H groups in total. The van der Waals surface area contributed by atoms with Crippen molar-refractivity contribution < 1.29 is 14.6 Å². The van der Waals surface area contributed by atoms with Crippen LogP contribution in [0.2, 0.25) is 0 Å². The topological polar surface area (TPSA) is 95.2 Å². The van der Waals surface area contributed by atoms with Crippen LogP contribution in [0.1, 0.15) is 43.4 Å². The first-order valence-corrected chi connectivity index (χ1v) is 8.29. The largest absolute Gasteiger partial charge is 0.478 e. The van der Waals surface area contributed by atoms with E-state index in [1.54, 1.807) is 43.5 Å². The molecular weight excluding hydrogens is 330 g/mol. The lowest BCUT2D eigenvalue weighted by Gasteiger charge is -2.31. The molecule has 3 rings (SSSR count). The Morgan fingerprint density at radius 3 is 2.73 bits per heavy atom. The maximum Gasteiger partial charge on any atom is 0.334 e. The molecule has 6 heteroatoms. The number of pyridine rings is 1. The Morgan fingerprint density at radius 1 is 1.35 bits per heavy atom. The Morgan fingerprint density at radius 2 is 2.08 bits per heavy atom. The molecule has 1 atom stereocenters. The number of fused-ring (bicyclic) bond motifs is 1. The first kappa shape index (κ1) is 17.5. The number of ether oxygens (including phenoxy) is 1. The zero-order chi connectivity index (χ0) is 18.8. The van der Waals surface area contributed by atoms with Crippen molar-refractivity contribution in [2.24, 2.45) is 0 Å². The van der Waals surface area contributed by atoms with E-state index in [1.807, 2.05) is 13.8 Å². The van der Waals surface area contributed by atoms with Gasteiger partial charge in [0.2, 0.25) is 5.88 Å². The van der Waals surface area contributed by atoms with Crippen LogP contribution >= 0.6 is 0 Å². The van der Waals surface area contributed by atoms with E-state index >= 15 is 0 Å². The van der Waals surface area contributed by atoms with E-state index in [1.165, 1.54) is 0 Å². The van der Waals surface area contributed by atoms with Gasteiger partial charge in [-0.25, -0.2) is 9.78 Å². The molecule has 0 fully saturated rings. The van der Waals surface area contributed by atoms with Crippen LogP contribution in [0, 0.1) is 11.3 Å². The summed E-state index contributed by atoms with van der Waals surface area (Å²) in [5.41, 5.74) is 3.13. The van der Waals surface area contributed by atoms with Crippen LogP contribution in [0.3, 0.4) is 0 Å². The Bertz CT molecular complexity index is 942. The van der Waals surface area contributed by atoms with Crippen molar-refractivity contribution in [1.29, 1.82) is 5.26 Å². The van der Waals surface area contributed by atoms with Crippen LogP contribution in [-0.2, 0) is 4.79 Å². The molecule has 0 radical (unpaired) electrons. The monoisotopic (exact) mass is 349 g/mol. The molecule has 0 aliphatic carbocycles. The normalized spacial score (nSPS) is 15.9. The Labute approximate surface area is 151 Å². The second kappa shape index (κ2) is 6.89. The number of anilines is 1. The molecule has 1 aromatic heterocycles. The quantitative estimate of drug-likeness (QED) is 0.875. The molecule has 6 nitrogen and oxygen atoms in total. The molecule has 1 aromatic carbocycles. The van der Waals surface area contributed by atoms with Crippen LogP contribution in [0.4, 0.5) is 5.69 Å². The predicted molar refractivity (Wildman–Crippen MR) is 97.0 cm³/mol. The number of carboxylic acid groups (broad SMARTS) is 1. The molecule has 0 saturated heterocycles. The Balaban J connectivity index is 2.33. The van der Waals surface area contributed by atoms with Gasteiger partial charge in [-0.05, 0) is 38.5 Å². The maximum atomic E-state index is 12.0. The Kier molecular flexibility index (Phi) is 4.63. The van der Waals surface area contributed by atoms with Gasteiger partial charge in [-0.1, -0.05) is 18.2 Å². The number of nitrogens with zero attached hydrogens (tertiary/aromatic N) is 2. The molecule has 0 amide bonds. The summed E-state index contributed by atoms with van der Waals surface area (Å²) in [6.45, 7) is 5.49. The van der Waals surface area contributed by atoms with Crippen molar-refractivity contribution in [2.75, 3.05) is 5.32 Å². The van der Waals surface area contributed by atoms with Crippen molar-refractivity contribution in [3.63, 3.8) is 0 Å². The summed E-state index contributed by atoms with van der Waals surface area (Å²) in [7, 11) is 0. The van der Waals surface area contributed by atoms with E-state index in [9.17, 15) is 15.2 Å². The number of benzene rings is 1. The average Bonchev–Trinajstić information content (AvgIpc) is 2.59. The highest BCUT2D eigenvalue weighted by atomic mass is 16.5. The molecule has 132 valence electrons. The molecule has 0 bridgehead atoms. The summed E-state index contributed by atoms with van der Waals surface area (Å²) in [6, 6.07) is 11.0.